The van der Waals surface area contributed by atoms with Crippen molar-refractivity contribution in [2.45, 2.75) is 18.9 Å². The normalized spacial score (nSPS) is 19.2. The topological polar surface area (TPSA) is 81.7 Å². The summed E-state index contributed by atoms with van der Waals surface area (Å²) >= 11 is 0. The summed E-state index contributed by atoms with van der Waals surface area (Å²) in [6.07, 6.45) is 4.92. The third-order valence-electron chi connectivity index (χ3n) is 6.50. The molecular formula is C25H27FN4O3. The number of amides is 1. The van der Waals surface area contributed by atoms with Gasteiger partial charge < -0.3 is 19.7 Å². The van der Waals surface area contributed by atoms with Crippen molar-refractivity contribution in [3.8, 4) is 16.9 Å². The first-order chi connectivity index (χ1) is 16.0. The van der Waals surface area contributed by atoms with E-state index < -0.39 is 6.10 Å². The molecule has 0 radical (unpaired) electrons. The van der Waals surface area contributed by atoms with Crippen molar-refractivity contribution in [1.29, 1.82) is 0 Å². The summed E-state index contributed by atoms with van der Waals surface area (Å²) in [5, 5.41) is 10.6. The molecule has 0 unspecified atom stereocenters. The van der Waals surface area contributed by atoms with Gasteiger partial charge in [0, 0.05) is 49.0 Å². The van der Waals surface area contributed by atoms with Crippen molar-refractivity contribution >= 4 is 22.5 Å². The first kappa shape index (κ1) is 21.6. The summed E-state index contributed by atoms with van der Waals surface area (Å²) in [7, 11) is 1.58. The van der Waals surface area contributed by atoms with Crippen LogP contribution in [0, 0.1) is 5.82 Å². The smallest absolute Gasteiger partial charge is 0.236 e. The molecule has 7 nitrogen and oxygen atoms in total. The van der Waals surface area contributed by atoms with Gasteiger partial charge in [-0.25, -0.2) is 9.37 Å². The number of aliphatic hydroxyl groups excluding tert-OH is 1. The number of aliphatic hydroxyl groups is 1. The Hall–Kier alpha value is -3.23. The number of likely N-dealkylation sites (tertiary alicyclic amines) is 1. The van der Waals surface area contributed by atoms with Crippen LogP contribution in [0.25, 0.3) is 27.7 Å². The SMILES string of the molecule is COc1ccc(F)cc1-c1ccnc2[nH]c(C3=CCN(CC(=O)N4CC[C@@H](O)C4)CC3)cc12. The molecule has 2 aromatic heterocycles. The molecule has 4 heterocycles. The molecule has 1 aromatic carbocycles. The molecule has 8 heteroatoms. The van der Waals surface area contributed by atoms with E-state index in [1.807, 2.05) is 6.07 Å². The highest BCUT2D eigenvalue weighted by Gasteiger charge is 2.26. The van der Waals surface area contributed by atoms with Gasteiger partial charge in [-0.15, -0.1) is 0 Å². The number of β-amino-alcohol motifs (C(OH)–C–C–N with tert-alkyl or cyclic N) is 1. The maximum Gasteiger partial charge on any atom is 0.236 e. The number of fused-ring (bicyclic) bond motifs is 1. The zero-order valence-corrected chi connectivity index (χ0v) is 18.6. The lowest BCUT2D eigenvalue weighted by Gasteiger charge is -2.27. The van der Waals surface area contributed by atoms with Crippen LogP contribution in [0.2, 0.25) is 0 Å². The molecule has 3 aromatic rings. The molecule has 1 fully saturated rings. The summed E-state index contributed by atoms with van der Waals surface area (Å²) in [6, 6.07) is 8.43. The lowest BCUT2D eigenvalue weighted by Crippen LogP contribution is -2.41. The third kappa shape index (κ3) is 4.36. The molecule has 5 rings (SSSR count). The number of rotatable bonds is 5. The molecule has 0 bridgehead atoms. The zero-order chi connectivity index (χ0) is 22.9. The van der Waals surface area contributed by atoms with E-state index in [1.54, 1.807) is 24.3 Å². The predicted molar refractivity (Wildman–Crippen MR) is 124 cm³/mol. The van der Waals surface area contributed by atoms with Gasteiger partial charge in [0.15, 0.2) is 0 Å². The quantitative estimate of drug-likeness (QED) is 0.625. The van der Waals surface area contributed by atoms with E-state index in [9.17, 15) is 14.3 Å². The molecular weight excluding hydrogens is 423 g/mol. The van der Waals surface area contributed by atoms with Crippen LogP contribution in [0.3, 0.4) is 0 Å². The number of hydrogen-bond donors (Lipinski definition) is 2. The van der Waals surface area contributed by atoms with Gasteiger partial charge >= 0.3 is 0 Å². The molecule has 0 saturated carbocycles. The number of carbonyl (C=O) groups excluding carboxylic acids is 1. The van der Waals surface area contributed by atoms with Gasteiger partial charge in [0.05, 0.1) is 19.8 Å². The number of aromatic amines is 1. The number of H-pyrrole nitrogens is 1. The van der Waals surface area contributed by atoms with Gasteiger partial charge in [-0.05, 0) is 54.3 Å². The lowest BCUT2D eigenvalue weighted by molar-refractivity contribution is -0.131. The Morgan fingerprint density at radius 1 is 1.27 bits per heavy atom. The molecule has 2 N–H and O–H groups in total. The summed E-state index contributed by atoms with van der Waals surface area (Å²) in [6.45, 7) is 2.91. The maximum absolute atomic E-state index is 14.0. The molecule has 33 heavy (non-hydrogen) atoms. The minimum absolute atomic E-state index is 0.0758. The van der Waals surface area contributed by atoms with Crippen LogP contribution in [0.1, 0.15) is 18.5 Å². The number of ether oxygens (including phenoxy) is 1. The minimum Gasteiger partial charge on any atom is -0.496 e. The first-order valence-corrected chi connectivity index (χ1v) is 11.2. The van der Waals surface area contributed by atoms with Crippen LogP contribution in [0.5, 0.6) is 5.75 Å². The second kappa shape index (κ2) is 8.96. The fraction of sp³-hybridized carbons (Fsp3) is 0.360. The Balaban J connectivity index is 1.36. The Kier molecular flexibility index (Phi) is 5.86. The van der Waals surface area contributed by atoms with E-state index in [4.69, 9.17) is 4.74 Å². The van der Waals surface area contributed by atoms with E-state index in [1.165, 1.54) is 17.7 Å². The van der Waals surface area contributed by atoms with Gasteiger partial charge in [-0.3, -0.25) is 9.69 Å². The van der Waals surface area contributed by atoms with Crippen molar-refractivity contribution in [1.82, 2.24) is 19.8 Å². The van der Waals surface area contributed by atoms with Crippen LogP contribution < -0.4 is 4.74 Å². The van der Waals surface area contributed by atoms with E-state index >= 15 is 0 Å². The lowest BCUT2D eigenvalue weighted by atomic mass is 10.0. The van der Waals surface area contributed by atoms with Crippen LogP contribution in [0.4, 0.5) is 4.39 Å². The number of benzene rings is 1. The highest BCUT2D eigenvalue weighted by molar-refractivity contribution is 5.96. The number of carbonyl (C=O) groups is 1. The number of halogens is 1. The third-order valence-corrected chi connectivity index (χ3v) is 6.50. The molecule has 2 aliphatic rings. The zero-order valence-electron chi connectivity index (χ0n) is 18.6. The Morgan fingerprint density at radius 3 is 2.88 bits per heavy atom. The number of pyridine rings is 1. The molecule has 172 valence electrons. The average Bonchev–Trinajstić information content (AvgIpc) is 3.46. The fourth-order valence-electron chi connectivity index (χ4n) is 4.68. The summed E-state index contributed by atoms with van der Waals surface area (Å²) in [4.78, 5) is 24.2. The van der Waals surface area contributed by atoms with Crippen LogP contribution in [0.15, 0.2) is 42.6 Å². The second-order valence-electron chi connectivity index (χ2n) is 8.65. The van der Waals surface area contributed by atoms with Crippen molar-refractivity contribution in [3.05, 3.63) is 54.1 Å². The number of hydrogen-bond acceptors (Lipinski definition) is 5. The number of aromatic nitrogens is 2. The molecule has 1 amide bonds. The van der Waals surface area contributed by atoms with Gasteiger partial charge in [-0.2, -0.15) is 0 Å². The highest BCUT2D eigenvalue weighted by Crippen LogP contribution is 2.36. The Morgan fingerprint density at radius 2 is 2.15 bits per heavy atom. The summed E-state index contributed by atoms with van der Waals surface area (Å²) < 4.78 is 19.4. The monoisotopic (exact) mass is 450 g/mol. The summed E-state index contributed by atoms with van der Waals surface area (Å²) in [5.74, 6) is 0.362. The molecule has 1 atom stereocenters. The number of nitrogens with zero attached hydrogens (tertiary/aromatic N) is 3. The predicted octanol–water partition coefficient (Wildman–Crippen LogP) is 3.06. The Bertz CT molecular complexity index is 1220. The van der Waals surface area contributed by atoms with Crippen molar-refractivity contribution in [3.63, 3.8) is 0 Å². The largest absolute Gasteiger partial charge is 0.496 e. The maximum atomic E-state index is 14.0. The Labute approximate surface area is 191 Å². The highest BCUT2D eigenvalue weighted by atomic mass is 19.1. The van der Waals surface area contributed by atoms with E-state index in [2.05, 4.69) is 27.0 Å². The molecule has 0 aliphatic carbocycles. The summed E-state index contributed by atoms with van der Waals surface area (Å²) in [5.41, 5.74) is 4.43. The molecule has 1 saturated heterocycles. The van der Waals surface area contributed by atoms with Crippen molar-refractivity contribution < 1.29 is 19.0 Å². The average molecular weight is 451 g/mol. The van der Waals surface area contributed by atoms with Crippen LogP contribution >= 0.6 is 0 Å². The van der Waals surface area contributed by atoms with Crippen LogP contribution in [-0.4, -0.2) is 76.7 Å². The van der Waals surface area contributed by atoms with Crippen molar-refractivity contribution in [2.24, 2.45) is 0 Å². The van der Waals surface area contributed by atoms with Gasteiger partial charge in [-0.1, -0.05) is 6.08 Å². The molecule has 2 aliphatic heterocycles. The van der Waals surface area contributed by atoms with Gasteiger partial charge in [0.2, 0.25) is 5.91 Å². The van der Waals surface area contributed by atoms with Crippen LogP contribution in [-0.2, 0) is 4.79 Å². The van der Waals surface area contributed by atoms with E-state index in [0.29, 0.717) is 43.9 Å². The van der Waals surface area contributed by atoms with Gasteiger partial charge in [0.1, 0.15) is 17.2 Å². The van der Waals surface area contributed by atoms with E-state index in [-0.39, 0.29) is 11.7 Å². The number of methoxy groups -OCH3 is 1. The number of nitrogens with one attached hydrogen (secondary N) is 1. The minimum atomic E-state index is -0.394. The fourth-order valence-corrected chi connectivity index (χ4v) is 4.68. The first-order valence-electron chi connectivity index (χ1n) is 11.2. The second-order valence-corrected chi connectivity index (χ2v) is 8.65. The molecule has 0 spiro atoms. The van der Waals surface area contributed by atoms with E-state index in [0.717, 1.165) is 35.3 Å². The standard InChI is InChI=1S/C25H27FN4O3/c1-33-23-3-2-17(26)12-20(23)19-4-8-27-25-21(19)13-22(28-25)16-5-9-29(10-6-16)15-24(32)30-11-7-18(31)14-30/h2-5,8,12-13,18,31H,6-7,9-11,14-15H2,1H3,(H,27,28)/t18-/m1/s1. The van der Waals surface area contributed by atoms with Crippen molar-refractivity contribution in [2.75, 3.05) is 39.8 Å². The van der Waals surface area contributed by atoms with Gasteiger partial charge in [0.25, 0.3) is 0 Å².